The topological polar surface area (TPSA) is 66.4 Å². The second-order valence-corrected chi connectivity index (χ2v) is 5.26. The monoisotopic (exact) mass is 281 g/mol. The van der Waals surface area contributed by atoms with Crippen molar-refractivity contribution in [1.82, 2.24) is 5.32 Å². The third kappa shape index (κ3) is 5.79. The summed E-state index contributed by atoms with van der Waals surface area (Å²) in [4.78, 5) is 21.9. The van der Waals surface area contributed by atoms with Gasteiger partial charge in [0.1, 0.15) is 0 Å². The first-order valence-electron chi connectivity index (χ1n) is 6.20. The number of aryl methyl sites for hydroxylation is 1. The maximum atomic E-state index is 11.6. The van der Waals surface area contributed by atoms with E-state index in [-0.39, 0.29) is 23.5 Å². The number of carboxylic acid groups (broad SMARTS) is 1. The molecule has 0 fully saturated rings. The Hall–Kier alpha value is -1.49. The standard InChI is InChI=1S/C14H19NO3S/c1-3-11-4-6-12(7-5-11)10(2)15-13(16)8-19-9-14(17)18/h4-7,10H,3,8-9H2,1-2H3,(H,15,16)(H,17,18). The lowest BCUT2D eigenvalue weighted by molar-refractivity contribution is -0.133. The normalized spacial score (nSPS) is 11.9. The fourth-order valence-electron chi connectivity index (χ4n) is 1.64. The van der Waals surface area contributed by atoms with Crippen LogP contribution in [0, 0.1) is 0 Å². The first kappa shape index (κ1) is 15.6. The van der Waals surface area contributed by atoms with E-state index < -0.39 is 5.97 Å². The lowest BCUT2D eigenvalue weighted by atomic mass is 10.1. The van der Waals surface area contributed by atoms with E-state index in [0.29, 0.717) is 0 Å². The van der Waals surface area contributed by atoms with Crippen molar-refractivity contribution in [2.45, 2.75) is 26.3 Å². The largest absolute Gasteiger partial charge is 0.481 e. The van der Waals surface area contributed by atoms with Gasteiger partial charge in [0.2, 0.25) is 5.91 Å². The quantitative estimate of drug-likeness (QED) is 0.804. The molecule has 4 nitrogen and oxygen atoms in total. The molecule has 1 aromatic carbocycles. The molecule has 0 saturated heterocycles. The number of carboxylic acids is 1. The minimum atomic E-state index is -0.902. The van der Waals surface area contributed by atoms with E-state index in [2.05, 4.69) is 24.4 Å². The van der Waals surface area contributed by atoms with Crippen LogP contribution in [0.3, 0.4) is 0 Å². The summed E-state index contributed by atoms with van der Waals surface area (Å²) in [6.07, 6.45) is 0.993. The Morgan fingerprint density at radius 3 is 2.42 bits per heavy atom. The highest BCUT2D eigenvalue weighted by Gasteiger charge is 2.10. The number of carbonyl (C=O) groups excluding carboxylic acids is 1. The maximum absolute atomic E-state index is 11.6. The molecule has 0 radical (unpaired) electrons. The fourth-order valence-corrected chi connectivity index (χ4v) is 2.18. The molecular weight excluding hydrogens is 262 g/mol. The van der Waals surface area contributed by atoms with Gasteiger partial charge in [-0.1, -0.05) is 31.2 Å². The Bertz CT molecular complexity index is 431. The zero-order valence-electron chi connectivity index (χ0n) is 11.2. The van der Waals surface area contributed by atoms with Crippen molar-refractivity contribution in [3.63, 3.8) is 0 Å². The molecule has 0 saturated carbocycles. The van der Waals surface area contributed by atoms with Gasteiger partial charge in [0.15, 0.2) is 0 Å². The van der Waals surface area contributed by atoms with Gasteiger partial charge in [-0.2, -0.15) is 0 Å². The minimum Gasteiger partial charge on any atom is -0.481 e. The Kier molecular flexibility index (Phi) is 6.42. The van der Waals surface area contributed by atoms with Gasteiger partial charge in [-0.05, 0) is 24.5 Å². The van der Waals surface area contributed by atoms with Gasteiger partial charge in [-0.25, -0.2) is 0 Å². The number of thioether (sulfide) groups is 1. The average molecular weight is 281 g/mol. The Morgan fingerprint density at radius 2 is 1.89 bits per heavy atom. The second-order valence-electron chi connectivity index (χ2n) is 4.27. The molecule has 0 aliphatic heterocycles. The fraction of sp³-hybridized carbons (Fsp3) is 0.429. The average Bonchev–Trinajstić information content (AvgIpc) is 2.38. The molecule has 0 aliphatic rings. The van der Waals surface area contributed by atoms with Crippen LogP contribution in [-0.4, -0.2) is 28.5 Å². The molecule has 1 unspecified atom stereocenters. The van der Waals surface area contributed by atoms with Gasteiger partial charge in [0.05, 0.1) is 17.5 Å². The number of aliphatic carboxylic acids is 1. The molecule has 104 valence electrons. The molecule has 0 bridgehead atoms. The van der Waals surface area contributed by atoms with Gasteiger partial charge < -0.3 is 10.4 Å². The Balaban J connectivity index is 2.42. The lowest BCUT2D eigenvalue weighted by Gasteiger charge is -2.14. The van der Waals surface area contributed by atoms with Crippen LogP contribution in [0.15, 0.2) is 24.3 Å². The van der Waals surface area contributed by atoms with Gasteiger partial charge in [-0.15, -0.1) is 11.8 Å². The highest BCUT2D eigenvalue weighted by molar-refractivity contribution is 8.00. The molecule has 0 aliphatic carbocycles. The van der Waals surface area contributed by atoms with Crippen molar-refractivity contribution in [3.05, 3.63) is 35.4 Å². The van der Waals surface area contributed by atoms with Crippen LogP contribution in [0.2, 0.25) is 0 Å². The van der Waals surface area contributed by atoms with Crippen molar-refractivity contribution in [2.24, 2.45) is 0 Å². The Labute approximate surface area is 117 Å². The number of amides is 1. The van der Waals surface area contributed by atoms with E-state index >= 15 is 0 Å². The van der Waals surface area contributed by atoms with Crippen LogP contribution in [0.4, 0.5) is 0 Å². The van der Waals surface area contributed by atoms with Gasteiger partial charge >= 0.3 is 5.97 Å². The van der Waals surface area contributed by atoms with E-state index in [4.69, 9.17) is 5.11 Å². The predicted molar refractivity (Wildman–Crippen MR) is 77.3 cm³/mol. The number of carbonyl (C=O) groups is 2. The molecule has 1 rings (SSSR count). The summed E-state index contributed by atoms with van der Waals surface area (Å²) in [5.41, 5.74) is 2.31. The van der Waals surface area contributed by atoms with Crippen molar-refractivity contribution in [2.75, 3.05) is 11.5 Å². The van der Waals surface area contributed by atoms with Crippen LogP contribution >= 0.6 is 11.8 Å². The van der Waals surface area contributed by atoms with Gasteiger partial charge in [0, 0.05) is 0 Å². The van der Waals surface area contributed by atoms with E-state index in [0.717, 1.165) is 23.7 Å². The number of rotatable bonds is 7. The van der Waals surface area contributed by atoms with Crippen molar-refractivity contribution < 1.29 is 14.7 Å². The van der Waals surface area contributed by atoms with Gasteiger partial charge in [-0.3, -0.25) is 9.59 Å². The molecule has 1 aromatic rings. The van der Waals surface area contributed by atoms with Gasteiger partial charge in [0.25, 0.3) is 0 Å². The zero-order chi connectivity index (χ0) is 14.3. The summed E-state index contributed by atoms with van der Waals surface area (Å²) in [6, 6.07) is 8.06. The number of nitrogens with one attached hydrogen (secondary N) is 1. The third-order valence-corrected chi connectivity index (χ3v) is 3.64. The highest BCUT2D eigenvalue weighted by Crippen LogP contribution is 2.14. The lowest BCUT2D eigenvalue weighted by Crippen LogP contribution is -2.28. The van der Waals surface area contributed by atoms with Crippen LogP contribution in [0.5, 0.6) is 0 Å². The summed E-state index contributed by atoms with van der Waals surface area (Å²) < 4.78 is 0. The SMILES string of the molecule is CCc1ccc(C(C)NC(=O)CSCC(=O)O)cc1. The molecule has 1 amide bonds. The van der Waals surface area contributed by atoms with Crippen molar-refractivity contribution >= 4 is 23.6 Å². The second kappa shape index (κ2) is 7.84. The van der Waals surface area contributed by atoms with E-state index in [9.17, 15) is 9.59 Å². The first-order valence-corrected chi connectivity index (χ1v) is 7.36. The summed E-state index contributed by atoms with van der Waals surface area (Å²) >= 11 is 1.10. The molecule has 1 atom stereocenters. The number of hydrogen-bond acceptors (Lipinski definition) is 3. The van der Waals surface area contributed by atoms with Crippen LogP contribution in [0.25, 0.3) is 0 Å². The summed E-state index contributed by atoms with van der Waals surface area (Å²) in [7, 11) is 0. The smallest absolute Gasteiger partial charge is 0.313 e. The maximum Gasteiger partial charge on any atom is 0.313 e. The molecule has 19 heavy (non-hydrogen) atoms. The van der Waals surface area contributed by atoms with Crippen molar-refractivity contribution in [1.29, 1.82) is 0 Å². The van der Waals surface area contributed by atoms with E-state index in [1.165, 1.54) is 5.56 Å². The minimum absolute atomic E-state index is 0.0486. The highest BCUT2D eigenvalue weighted by atomic mass is 32.2. The van der Waals surface area contributed by atoms with Crippen LogP contribution < -0.4 is 5.32 Å². The molecule has 0 aromatic heterocycles. The van der Waals surface area contributed by atoms with E-state index in [1.54, 1.807) is 0 Å². The van der Waals surface area contributed by atoms with Crippen LogP contribution in [-0.2, 0) is 16.0 Å². The molecule has 0 heterocycles. The number of hydrogen-bond donors (Lipinski definition) is 2. The molecule has 2 N–H and O–H groups in total. The molecule has 5 heteroatoms. The summed E-state index contributed by atoms with van der Waals surface area (Å²) in [5, 5.41) is 11.3. The Morgan fingerprint density at radius 1 is 1.26 bits per heavy atom. The zero-order valence-corrected chi connectivity index (χ0v) is 12.0. The summed E-state index contributed by atoms with van der Waals surface area (Å²) in [6.45, 7) is 4.01. The third-order valence-electron chi connectivity index (χ3n) is 2.72. The van der Waals surface area contributed by atoms with Crippen LogP contribution in [0.1, 0.15) is 31.0 Å². The van der Waals surface area contributed by atoms with E-state index in [1.807, 2.05) is 19.1 Å². The molecular formula is C14H19NO3S. The van der Waals surface area contributed by atoms with Crippen molar-refractivity contribution in [3.8, 4) is 0 Å². The predicted octanol–water partition coefficient (Wildman–Crippen LogP) is 2.24. The first-order chi connectivity index (χ1) is 9.02. The summed E-state index contributed by atoms with van der Waals surface area (Å²) in [5.74, 6) is -0.921. The number of benzene rings is 1. The molecule has 0 spiro atoms.